The van der Waals surface area contributed by atoms with Crippen LogP contribution in [0.3, 0.4) is 0 Å². The van der Waals surface area contributed by atoms with Gasteiger partial charge in [0, 0.05) is 25.5 Å². The first-order valence-electron chi connectivity index (χ1n) is 8.33. The minimum Gasteiger partial charge on any atom is -0.327 e. The Morgan fingerprint density at radius 1 is 1.19 bits per heavy atom. The largest absolute Gasteiger partial charge is 0.327 e. The zero-order valence-corrected chi connectivity index (χ0v) is 16.4. The third-order valence-electron chi connectivity index (χ3n) is 4.23. The number of imidazole rings is 1. The summed E-state index contributed by atoms with van der Waals surface area (Å²) in [7, 11) is -0.594. The summed E-state index contributed by atoms with van der Waals surface area (Å²) in [6.07, 6.45) is 3.59. The molecular formula is C18H23N5O2S. The Kier molecular flexibility index (Phi) is 4.72. The van der Waals surface area contributed by atoms with Crippen LogP contribution in [0.4, 0.5) is 5.69 Å². The SMILES string of the molecule is Cc1cc(-c2cncn2C(C)C)nc2cc(NS(=O)(=O)N(C)C)ccc12. The Morgan fingerprint density at radius 3 is 2.58 bits per heavy atom. The first-order chi connectivity index (χ1) is 12.2. The average Bonchev–Trinajstić information content (AvgIpc) is 3.03. The summed E-state index contributed by atoms with van der Waals surface area (Å²) in [6, 6.07) is 7.68. The Bertz CT molecular complexity index is 1050. The fourth-order valence-corrected chi connectivity index (χ4v) is 3.36. The van der Waals surface area contributed by atoms with Crippen LogP contribution in [0.15, 0.2) is 36.8 Å². The molecule has 0 spiro atoms. The average molecular weight is 373 g/mol. The third kappa shape index (κ3) is 3.42. The Balaban J connectivity index is 2.10. The van der Waals surface area contributed by atoms with E-state index in [0.29, 0.717) is 5.69 Å². The zero-order valence-electron chi connectivity index (χ0n) is 15.6. The fraction of sp³-hybridized carbons (Fsp3) is 0.333. The molecule has 0 aliphatic carbocycles. The van der Waals surface area contributed by atoms with E-state index in [0.717, 1.165) is 32.2 Å². The van der Waals surface area contributed by atoms with Gasteiger partial charge < -0.3 is 4.57 Å². The molecule has 1 aromatic carbocycles. The van der Waals surface area contributed by atoms with Crippen LogP contribution in [0, 0.1) is 6.92 Å². The van der Waals surface area contributed by atoms with Crippen molar-refractivity contribution in [3.05, 3.63) is 42.4 Å². The molecule has 0 bridgehead atoms. The Hall–Kier alpha value is -2.45. The molecule has 138 valence electrons. The maximum absolute atomic E-state index is 12.1. The second-order valence-corrected chi connectivity index (χ2v) is 8.61. The van der Waals surface area contributed by atoms with Crippen LogP contribution in [-0.4, -0.2) is 41.4 Å². The molecule has 0 amide bonds. The zero-order chi connectivity index (χ0) is 19.1. The van der Waals surface area contributed by atoms with E-state index in [-0.39, 0.29) is 6.04 Å². The van der Waals surface area contributed by atoms with E-state index in [1.54, 1.807) is 24.7 Å². The number of aryl methyl sites for hydroxylation is 1. The standard InChI is InChI=1S/C18H23N5O2S/c1-12(2)23-11-19-10-18(23)17-8-13(3)15-7-6-14(9-16(15)20-17)21-26(24,25)22(4)5/h6-12,21H,1-5H3. The number of pyridine rings is 1. The summed E-state index contributed by atoms with van der Waals surface area (Å²) in [5.74, 6) is 0. The molecule has 3 rings (SSSR count). The molecule has 0 saturated carbocycles. The highest BCUT2D eigenvalue weighted by atomic mass is 32.2. The number of anilines is 1. The third-order valence-corrected chi connectivity index (χ3v) is 5.68. The molecule has 8 heteroatoms. The topological polar surface area (TPSA) is 80.1 Å². The molecule has 1 N–H and O–H groups in total. The minimum atomic E-state index is -3.56. The van der Waals surface area contributed by atoms with Crippen LogP contribution in [0.5, 0.6) is 0 Å². The maximum Gasteiger partial charge on any atom is 0.301 e. The number of hydrogen-bond acceptors (Lipinski definition) is 4. The van der Waals surface area contributed by atoms with Crippen molar-refractivity contribution in [2.24, 2.45) is 0 Å². The number of hydrogen-bond donors (Lipinski definition) is 1. The van der Waals surface area contributed by atoms with E-state index in [1.165, 1.54) is 14.1 Å². The van der Waals surface area contributed by atoms with Gasteiger partial charge in [0.2, 0.25) is 0 Å². The fourth-order valence-electron chi connectivity index (χ4n) is 2.75. The van der Waals surface area contributed by atoms with Gasteiger partial charge in [-0.15, -0.1) is 0 Å². The molecule has 2 aromatic heterocycles. The van der Waals surface area contributed by atoms with Crippen molar-refractivity contribution in [2.45, 2.75) is 26.8 Å². The van der Waals surface area contributed by atoms with Gasteiger partial charge in [0.25, 0.3) is 0 Å². The highest BCUT2D eigenvalue weighted by Gasteiger charge is 2.15. The van der Waals surface area contributed by atoms with Crippen molar-refractivity contribution in [1.82, 2.24) is 18.8 Å². The van der Waals surface area contributed by atoms with Crippen molar-refractivity contribution >= 4 is 26.8 Å². The number of rotatable bonds is 5. The number of nitrogens with one attached hydrogen (secondary N) is 1. The second-order valence-electron chi connectivity index (χ2n) is 6.73. The summed E-state index contributed by atoms with van der Waals surface area (Å²) in [4.78, 5) is 8.99. The molecule has 26 heavy (non-hydrogen) atoms. The van der Waals surface area contributed by atoms with Crippen molar-refractivity contribution in [3.63, 3.8) is 0 Å². The monoisotopic (exact) mass is 373 g/mol. The minimum absolute atomic E-state index is 0.267. The highest BCUT2D eigenvalue weighted by Crippen LogP contribution is 2.28. The number of nitrogens with zero attached hydrogens (tertiary/aromatic N) is 4. The van der Waals surface area contributed by atoms with Crippen LogP contribution in [-0.2, 0) is 10.2 Å². The smallest absolute Gasteiger partial charge is 0.301 e. The van der Waals surface area contributed by atoms with Gasteiger partial charge in [-0.3, -0.25) is 4.72 Å². The summed E-state index contributed by atoms with van der Waals surface area (Å²) in [6.45, 7) is 6.20. The normalized spacial score (nSPS) is 12.3. The lowest BCUT2D eigenvalue weighted by Gasteiger charge is -2.15. The highest BCUT2D eigenvalue weighted by molar-refractivity contribution is 7.90. The molecule has 2 heterocycles. The van der Waals surface area contributed by atoms with Gasteiger partial charge in [-0.2, -0.15) is 12.7 Å². The van der Waals surface area contributed by atoms with Gasteiger partial charge >= 0.3 is 10.2 Å². The van der Waals surface area contributed by atoms with Crippen LogP contribution >= 0.6 is 0 Å². The number of benzene rings is 1. The number of fused-ring (bicyclic) bond motifs is 1. The Labute approximate surface area is 153 Å². The summed E-state index contributed by atoms with van der Waals surface area (Å²) in [5, 5.41) is 0.983. The molecule has 3 aromatic rings. The van der Waals surface area contributed by atoms with Crippen LogP contribution < -0.4 is 4.72 Å². The van der Waals surface area contributed by atoms with Crippen molar-refractivity contribution < 1.29 is 8.42 Å². The van der Waals surface area contributed by atoms with Gasteiger partial charge in [-0.25, -0.2) is 9.97 Å². The molecule has 7 nitrogen and oxygen atoms in total. The molecule has 0 aliphatic rings. The van der Waals surface area contributed by atoms with E-state index < -0.39 is 10.2 Å². The van der Waals surface area contributed by atoms with Gasteiger partial charge in [0.05, 0.1) is 35.1 Å². The van der Waals surface area contributed by atoms with Gasteiger partial charge in [0.15, 0.2) is 0 Å². The van der Waals surface area contributed by atoms with Crippen LogP contribution in [0.25, 0.3) is 22.3 Å². The summed E-state index contributed by atoms with van der Waals surface area (Å²) in [5.41, 5.74) is 4.03. The molecule has 0 saturated heterocycles. The molecule has 0 radical (unpaired) electrons. The lowest BCUT2D eigenvalue weighted by atomic mass is 10.1. The van der Waals surface area contributed by atoms with E-state index >= 15 is 0 Å². The first kappa shape index (κ1) is 18.3. The summed E-state index contributed by atoms with van der Waals surface area (Å²) < 4.78 is 29.9. The lowest BCUT2D eigenvalue weighted by molar-refractivity contribution is 0.527. The van der Waals surface area contributed by atoms with Crippen LogP contribution in [0.2, 0.25) is 0 Å². The van der Waals surface area contributed by atoms with E-state index in [9.17, 15) is 8.42 Å². The van der Waals surface area contributed by atoms with Crippen molar-refractivity contribution in [1.29, 1.82) is 0 Å². The van der Waals surface area contributed by atoms with Crippen LogP contribution in [0.1, 0.15) is 25.5 Å². The van der Waals surface area contributed by atoms with Gasteiger partial charge in [-0.1, -0.05) is 6.07 Å². The number of aromatic nitrogens is 3. The predicted molar refractivity (Wildman–Crippen MR) is 104 cm³/mol. The predicted octanol–water partition coefficient (Wildman–Crippen LogP) is 3.21. The summed E-state index contributed by atoms with van der Waals surface area (Å²) >= 11 is 0. The van der Waals surface area contributed by atoms with Gasteiger partial charge in [0.1, 0.15) is 0 Å². The van der Waals surface area contributed by atoms with Gasteiger partial charge in [-0.05, 0) is 44.5 Å². The second kappa shape index (κ2) is 6.69. The molecule has 0 aliphatic heterocycles. The molecule has 0 fully saturated rings. The molecular weight excluding hydrogens is 350 g/mol. The maximum atomic E-state index is 12.1. The van der Waals surface area contributed by atoms with E-state index in [2.05, 4.69) is 28.1 Å². The lowest BCUT2D eigenvalue weighted by Crippen LogP contribution is -2.28. The Morgan fingerprint density at radius 2 is 1.92 bits per heavy atom. The van der Waals surface area contributed by atoms with Crippen molar-refractivity contribution in [2.75, 3.05) is 18.8 Å². The van der Waals surface area contributed by atoms with E-state index in [1.807, 2.05) is 19.1 Å². The molecule has 0 unspecified atom stereocenters. The van der Waals surface area contributed by atoms with Crippen molar-refractivity contribution in [3.8, 4) is 11.4 Å². The van der Waals surface area contributed by atoms with E-state index in [4.69, 9.17) is 4.98 Å². The first-order valence-corrected chi connectivity index (χ1v) is 9.77. The molecule has 0 atom stereocenters. The quantitative estimate of drug-likeness (QED) is 0.745.